The molecule has 4 aromatic rings. The van der Waals surface area contributed by atoms with Gasteiger partial charge in [-0.1, -0.05) is 42.5 Å². The van der Waals surface area contributed by atoms with E-state index in [1.165, 1.54) is 14.2 Å². The molecule has 0 saturated carbocycles. The van der Waals surface area contributed by atoms with E-state index in [-0.39, 0.29) is 11.9 Å². The summed E-state index contributed by atoms with van der Waals surface area (Å²) in [6.45, 7) is 0. The van der Waals surface area contributed by atoms with Crippen LogP contribution >= 0.6 is 0 Å². The number of carbonyl (C=O) groups excluding carboxylic acids is 2. The number of ether oxygens (including phenoxy) is 2. The number of furan rings is 1. The summed E-state index contributed by atoms with van der Waals surface area (Å²) in [6.07, 6.45) is 0. The van der Waals surface area contributed by atoms with Crippen LogP contribution in [0.4, 0.5) is 0 Å². The van der Waals surface area contributed by atoms with Crippen LogP contribution in [0.2, 0.25) is 0 Å². The zero-order valence-electron chi connectivity index (χ0n) is 16.0. The fraction of sp³-hybridized carbons (Fsp3) is 0.0833. The molecule has 0 fully saturated rings. The average molecular weight is 386 g/mol. The van der Waals surface area contributed by atoms with Crippen molar-refractivity contribution in [3.05, 3.63) is 83.9 Å². The predicted molar refractivity (Wildman–Crippen MR) is 110 cm³/mol. The van der Waals surface area contributed by atoms with Gasteiger partial charge in [0.1, 0.15) is 11.3 Å². The summed E-state index contributed by atoms with van der Waals surface area (Å²) in [5, 5.41) is 0.963. The van der Waals surface area contributed by atoms with Crippen LogP contribution in [-0.2, 0) is 9.47 Å². The van der Waals surface area contributed by atoms with Gasteiger partial charge >= 0.3 is 11.9 Å². The molecule has 0 aliphatic heterocycles. The number of hydrogen-bond acceptors (Lipinski definition) is 5. The summed E-state index contributed by atoms with van der Waals surface area (Å²) in [7, 11) is 2.71. The molecule has 144 valence electrons. The first-order valence-corrected chi connectivity index (χ1v) is 9.01. The van der Waals surface area contributed by atoms with Crippen molar-refractivity contribution in [2.75, 3.05) is 14.2 Å². The Morgan fingerprint density at radius 3 is 1.76 bits per heavy atom. The highest BCUT2D eigenvalue weighted by Crippen LogP contribution is 2.40. The molecule has 0 amide bonds. The first-order chi connectivity index (χ1) is 14.1. The third kappa shape index (κ3) is 3.38. The Morgan fingerprint density at radius 2 is 1.21 bits per heavy atom. The van der Waals surface area contributed by atoms with Crippen LogP contribution in [0.15, 0.2) is 77.2 Å². The minimum absolute atomic E-state index is 0.382. The number of benzene rings is 3. The van der Waals surface area contributed by atoms with E-state index in [0.717, 1.165) is 27.7 Å². The van der Waals surface area contributed by atoms with Gasteiger partial charge in [0, 0.05) is 16.5 Å². The second kappa shape index (κ2) is 7.64. The van der Waals surface area contributed by atoms with Crippen LogP contribution in [0.1, 0.15) is 20.7 Å². The molecule has 1 aromatic heterocycles. The first kappa shape index (κ1) is 18.5. The van der Waals surface area contributed by atoms with E-state index in [4.69, 9.17) is 13.9 Å². The summed E-state index contributed by atoms with van der Waals surface area (Å²) in [6, 6.07) is 22.0. The largest absolute Gasteiger partial charge is 0.465 e. The number of carbonyl (C=O) groups is 2. The Kier molecular flexibility index (Phi) is 4.87. The Hall–Kier alpha value is -3.86. The molecule has 0 radical (unpaired) electrons. The van der Waals surface area contributed by atoms with Gasteiger partial charge in [-0.3, -0.25) is 0 Å². The maximum Gasteiger partial charge on any atom is 0.337 e. The molecular formula is C24H18O5. The van der Waals surface area contributed by atoms with Crippen molar-refractivity contribution in [1.82, 2.24) is 0 Å². The molecule has 0 aliphatic carbocycles. The van der Waals surface area contributed by atoms with Gasteiger partial charge in [0.2, 0.25) is 0 Å². The molecule has 0 bridgehead atoms. The van der Waals surface area contributed by atoms with E-state index in [0.29, 0.717) is 16.9 Å². The Labute approximate surface area is 167 Å². The molecule has 1 heterocycles. The second-order valence-electron chi connectivity index (χ2n) is 6.44. The van der Waals surface area contributed by atoms with E-state index in [1.54, 1.807) is 24.3 Å². The lowest BCUT2D eigenvalue weighted by Crippen LogP contribution is -2.00. The monoisotopic (exact) mass is 386 g/mol. The van der Waals surface area contributed by atoms with E-state index in [2.05, 4.69) is 0 Å². The maximum absolute atomic E-state index is 11.7. The van der Waals surface area contributed by atoms with Gasteiger partial charge in [0.25, 0.3) is 0 Å². The average Bonchev–Trinajstić information content (AvgIpc) is 3.17. The van der Waals surface area contributed by atoms with Crippen molar-refractivity contribution in [3.8, 4) is 22.5 Å². The highest BCUT2D eigenvalue weighted by atomic mass is 16.5. The minimum Gasteiger partial charge on any atom is -0.465 e. The van der Waals surface area contributed by atoms with E-state index < -0.39 is 0 Å². The first-order valence-electron chi connectivity index (χ1n) is 9.01. The normalized spacial score (nSPS) is 10.7. The van der Waals surface area contributed by atoms with Crippen molar-refractivity contribution >= 4 is 22.9 Å². The van der Waals surface area contributed by atoms with Crippen LogP contribution in [0.3, 0.4) is 0 Å². The molecule has 0 saturated heterocycles. The van der Waals surface area contributed by atoms with Crippen LogP contribution in [-0.4, -0.2) is 26.2 Å². The zero-order valence-corrected chi connectivity index (χ0v) is 16.0. The van der Waals surface area contributed by atoms with Crippen LogP contribution in [0, 0.1) is 0 Å². The quantitative estimate of drug-likeness (QED) is 0.443. The third-order valence-corrected chi connectivity index (χ3v) is 4.76. The van der Waals surface area contributed by atoms with Gasteiger partial charge in [-0.05, 0) is 35.9 Å². The number of hydrogen-bond donors (Lipinski definition) is 0. The van der Waals surface area contributed by atoms with Gasteiger partial charge in [-0.15, -0.1) is 0 Å². The molecular weight excluding hydrogens is 368 g/mol. The van der Waals surface area contributed by atoms with Crippen LogP contribution in [0.5, 0.6) is 0 Å². The zero-order chi connectivity index (χ0) is 20.4. The minimum atomic E-state index is -0.389. The fourth-order valence-electron chi connectivity index (χ4n) is 3.30. The molecule has 4 rings (SSSR count). The molecule has 5 nitrogen and oxygen atoms in total. The standard InChI is InChI=1S/C24H18O5/c1-27-23(25)17-11-7-15(8-12-17)21-19-5-3-4-6-20(19)29-22(21)16-9-13-18(14-10-16)24(26)28-2/h3-14H,1-2H3. The smallest absolute Gasteiger partial charge is 0.337 e. The highest BCUT2D eigenvalue weighted by molar-refractivity contribution is 6.02. The fourth-order valence-corrected chi connectivity index (χ4v) is 3.30. The number of para-hydroxylation sites is 1. The molecule has 0 atom stereocenters. The lowest BCUT2D eigenvalue weighted by Gasteiger charge is -2.06. The Bertz CT molecular complexity index is 1180. The van der Waals surface area contributed by atoms with Crippen LogP contribution < -0.4 is 0 Å². The van der Waals surface area contributed by atoms with Crippen molar-refractivity contribution < 1.29 is 23.5 Å². The van der Waals surface area contributed by atoms with Crippen molar-refractivity contribution in [3.63, 3.8) is 0 Å². The summed E-state index contributed by atoms with van der Waals surface area (Å²) < 4.78 is 15.7. The molecule has 3 aromatic carbocycles. The second-order valence-corrected chi connectivity index (χ2v) is 6.44. The van der Waals surface area contributed by atoms with Gasteiger partial charge in [-0.25, -0.2) is 9.59 Å². The van der Waals surface area contributed by atoms with Crippen molar-refractivity contribution in [2.24, 2.45) is 0 Å². The van der Waals surface area contributed by atoms with Gasteiger partial charge in [-0.2, -0.15) is 0 Å². The number of esters is 2. The Balaban J connectivity index is 1.85. The van der Waals surface area contributed by atoms with E-state index >= 15 is 0 Å². The topological polar surface area (TPSA) is 65.7 Å². The molecule has 0 aliphatic rings. The molecule has 0 N–H and O–H groups in total. The molecule has 5 heteroatoms. The van der Waals surface area contributed by atoms with Crippen molar-refractivity contribution in [2.45, 2.75) is 0 Å². The van der Waals surface area contributed by atoms with Gasteiger partial charge in [0.15, 0.2) is 0 Å². The van der Waals surface area contributed by atoms with Gasteiger partial charge < -0.3 is 13.9 Å². The molecule has 0 unspecified atom stereocenters. The highest BCUT2D eigenvalue weighted by Gasteiger charge is 2.18. The number of fused-ring (bicyclic) bond motifs is 1. The van der Waals surface area contributed by atoms with Crippen LogP contribution in [0.25, 0.3) is 33.4 Å². The SMILES string of the molecule is COC(=O)c1ccc(-c2oc3ccccc3c2-c2ccc(C(=O)OC)cc2)cc1. The number of rotatable bonds is 4. The number of methoxy groups -OCH3 is 2. The lowest BCUT2D eigenvalue weighted by molar-refractivity contribution is 0.0592. The summed E-state index contributed by atoms with van der Waals surface area (Å²) in [5.41, 5.74) is 4.37. The molecule has 0 spiro atoms. The predicted octanol–water partition coefficient (Wildman–Crippen LogP) is 5.34. The lowest BCUT2D eigenvalue weighted by atomic mass is 9.97. The van der Waals surface area contributed by atoms with Crippen molar-refractivity contribution in [1.29, 1.82) is 0 Å². The summed E-state index contributed by atoms with van der Waals surface area (Å²) in [5.74, 6) is -0.0829. The molecule has 29 heavy (non-hydrogen) atoms. The maximum atomic E-state index is 11.7. The van der Waals surface area contributed by atoms with E-state index in [1.807, 2.05) is 48.5 Å². The van der Waals surface area contributed by atoms with Gasteiger partial charge in [0.05, 0.1) is 25.3 Å². The Morgan fingerprint density at radius 1 is 0.690 bits per heavy atom. The van der Waals surface area contributed by atoms with E-state index in [9.17, 15) is 9.59 Å². The third-order valence-electron chi connectivity index (χ3n) is 4.76. The summed E-state index contributed by atoms with van der Waals surface area (Å²) in [4.78, 5) is 23.5. The summed E-state index contributed by atoms with van der Waals surface area (Å²) >= 11 is 0.